The molecule has 3 N–H and O–H groups in total. The van der Waals surface area contributed by atoms with Gasteiger partial charge < -0.3 is 25.4 Å². The van der Waals surface area contributed by atoms with Crippen LogP contribution in [0.4, 0.5) is 11.4 Å². The van der Waals surface area contributed by atoms with Gasteiger partial charge in [-0.1, -0.05) is 36.4 Å². The summed E-state index contributed by atoms with van der Waals surface area (Å²) in [6.45, 7) is 11.9. The quantitative estimate of drug-likeness (QED) is 0.227. The Bertz CT molecular complexity index is 1500. The molecule has 0 radical (unpaired) electrons. The van der Waals surface area contributed by atoms with Crippen LogP contribution in [0.25, 0.3) is 23.1 Å². The van der Waals surface area contributed by atoms with Gasteiger partial charge in [0.25, 0.3) is 0 Å². The van der Waals surface area contributed by atoms with E-state index in [-0.39, 0.29) is 0 Å². The minimum atomic E-state index is 0.521. The van der Waals surface area contributed by atoms with Crippen molar-refractivity contribution in [1.82, 2.24) is 25.1 Å². The maximum atomic E-state index is 9.85. The number of hydrogen-bond acceptors (Lipinski definition) is 6. The van der Waals surface area contributed by atoms with Crippen molar-refractivity contribution >= 4 is 34.4 Å². The van der Waals surface area contributed by atoms with Gasteiger partial charge in [0.05, 0.1) is 11.3 Å². The SMILES string of the molecule is Cc1ncc(C#N)c(Nc2ccc3[nH]ccc3c2C)c1C=Cc1ccc(CNCCCN2CCN(C)CC2)cc1. The second-order valence-corrected chi connectivity index (χ2v) is 10.7. The minimum Gasteiger partial charge on any atom is -0.361 e. The first-order chi connectivity index (χ1) is 19.5. The van der Waals surface area contributed by atoms with Gasteiger partial charge in [0.15, 0.2) is 0 Å². The number of nitriles is 1. The molecule has 0 unspecified atom stereocenters. The second kappa shape index (κ2) is 12.9. The molecular formula is C33H39N7. The molecule has 7 nitrogen and oxygen atoms in total. The Morgan fingerprint density at radius 2 is 1.82 bits per heavy atom. The lowest BCUT2D eigenvalue weighted by Crippen LogP contribution is -2.45. The summed E-state index contributed by atoms with van der Waals surface area (Å²) in [5.41, 5.74) is 8.68. The molecule has 7 heteroatoms. The third-order valence-electron chi connectivity index (χ3n) is 7.87. The maximum Gasteiger partial charge on any atom is 0.103 e. The standard InChI is InChI=1S/C33H39N7/c1-24-29-13-15-36-32(29)12-11-31(24)38-33-28(21-34)23-37-25(2)30(33)10-9-26-5-7-27(8-6-26)22-35-14-4-16-40-19-17-39(3)18-20-40/h5-13,15,23,35-36H,4,14,16-20,22H2,1-3H3,(H,37,38). The molecule has 1 saturated heterocycles. The lowest BCUT2D eigenvalue weighted by molar-refractivity contribution is 0.153. The lowest BCUT2D eigenvalue weighted by atomic mass is 10.0. The van der Waals surface area contributed by atoms with Crippen molar-refractivity contribution in [3.8, 4) is 6.07 Å². The number of nitrogens with one attached hydrogen (secondary N) is 3. The summed E-state index contributed by atoms with van der Waals surface area (Å²) in [7, 11) is 2.20. The number of piperazine rings is 1. The Hall–Kier alpha value is -3.96. The van der Waals surface area contributed by atoms with Crippen LogP contribution in [0, 0.1) is 25.2 Å². The first-order valence-electron chi connectivity index (χ1n) is 14.1. The lowest BCUT2D eigenvalue weighted by Gasteiger charge is -2.32. The molecule has 0 amide bonds. The summed E-state index contributed by atoms with van der Waals surface area (Å²) in [5.74, 6) is 0. The van der Waals surface area contributed by atoms with Gasteiger partial charge in [-0.25, -0.2) is 0 Å². The fraction of sp³-hybridized carbons (Fsp3) is 0.333. The van der Waals surface area contributed by atoms with Crippen LogP contribution in [0.5, 0.6) is 0 Å². The molecule has 0 bridgehead atoms. The Kier molecular flexibility index (Phi) is 8.92. The zero-order valence-corrected chi connectivity index (χ0v) is 23.8. The summed E-state index contributed by atoms with van der Waals surface area (Å²) in [5, 5.41) is 18.1. The molecule has 5 rings (SSSR count). The fourth-order valence-electron chi connectivity index (χ4n) is 5.26. The predicted molar refractivity (Wildman–Crippen MR) is 166 cm³/mol. The molecule has 1 fully saturated rings. The Morgan fingerprint density at radius 3 is 2.60 bits per heavy atom. The number of fused-ring (bicyclic) bond motifs is 1. The number of H-pyrrole nitrogens is 1. The van der Waals surface area contributed by atoms with E-state index < -0.39 is 0 Å². The molecule has 3 heterocycles. The highest BCUT2D eigenvalue weighted by Crippen LogP contribution is 2.32. The molecule has 1 aliphatic rings. The van der Waals surface area contributed by atoms with Gasteiger partial charge in [0.2, 0.25) is 0 Å². The molecule has 0 atom stereocenters. The van der Waals surface area contributed by atoms with Gasteiger partial charge in [-0.3, -0.25) is 4.98 Å². The van der Waals surface area contributed by atoms with E-state index in [9.17, 15) is 5.26 Å². The summed E-state index contributed by atoms with van der Waals surface area (Å²) in [6.07, 6.45) is 8.91. The van der Waals surface area contributed by atoms with Gasteiger partial charge >= 0.3 is 0 Å². The van der Waals surface area contributed by atoms with Crippen LogP contribution < -0.4 is 10.6 Å². The highest BCUT2D eigenvalue weighted by Gasteiger charge is 2.14. The van der Waals surface area contributed by atoms with E-state index in [0.717, 1.165) is 57.8 Å². The van der Waals surface area contributed by atoms with Crippen molar-refractivity contribution in [2.75, 3.05) is 51.6 Å². The third-order valence-corrected chi connectivity index (χ3v) is 7.87. The molecule has 0 saturated carbocycles. The van der Waals surface area contributed by atoms with Crippen LogP contribution in [0.3, 0.4) is 0 Å². The third kappa shape index (κ3) is 6.60. The fourth-order valence-corrected chi connectivity index (χ4v) is 5.26. The number of benzene rings is 2. The molecule has 4 aromatic rings. The number of rotatable bonds is 10. The first-order valence-corrected chi connectivity index (χ1v) is 14.1. The minimum absolute atomic E-state index is 0.521. The smallest absolute Gasteiger partial charge is 0.103 e. The molecule has 2 aromatic heterocycles. The monoisotopic (exact) mass is 533 g/mol. The van der Waals surface area contributed by atoms with Gasteiger partial charge in [-0.15, -0.1) is 0 Å². The molecule has 40 heavy (non-hydrogen) atoms. The number of aromatic nitrogens is 2. The second-order valence-electron chi connectivity index (χ2n) is 10.7. The highest BCUT2D eigenvalue weighted by atomic mass is 15.2. The van der Waals surface area contributed by atoms with E-state index in [1.807, 2.05) is 13.1 Å². The number of aromatic amines is 1. The van der Waals surface area contributed by atoms with E-state index in [1.165, 1.54) is 44.7 Å². The summed E-state index contributed by atoms with van der Waals surface area (Å²) in [6, 6.07) is 17.2. The van der Waals surface area contributed by atoms with Crippen LogP contribution in [-0.2, 0) is 6.54 Å². The van der Waals surface area contributed by atoms with E-state index in [1.54, 1.807) is 6.20 Å². The summed E-state index contributed by atoms with van der Waals surface area (Å²) < 4.78 is 0. The average molecular weight is 534 g/mol. The maximum absolute atomic E-state index is 9.85. The molecule has 0 aliphatic carbocycles. The van der Waals surface area contributed by atoms with Gasteiger partial charge in [0.1, 0.15) is 6.07 Å². The first kappa shape index (κ1) is 27.6. The van der Waals surface area contributed by atoms with Crippen LogP contribution in [0.15, 0.2) is 54.9 Å². The highest BCUT2D eigenvalue weighted by molar-refractivity contribution is 5.90. The van der Waals surface area contributed by atoms with E-state index in [2.05, 4.69) is 105 Å². The summed E-state index contributed by atoms with van der Waals surface area (Å²) in [4.78, 5) is 12.7. The van der Waals surface area contributed by atoms with Crippen molar-refractivity contribution in [2.24, 2.45) is 0 Å². The largest absolute Gasteiger partial charge is 0.361 e. The van der Waals surface area contributed by atoms with E-state index in [4.69, 9.17) is 0 Å². The molecular weight excluding hydrogens is 494 g/mol. The molecule has 206 valence electrons. The number of nitrogens with zero attached hydrogens (tertiary/aromatic N) is 4. The topological polar surface area (TPSA) is 83.0 Å². The van der Waals surface area contributed by atoms with Crippen LogP contribution in [0.2, 0.25) is 0 Å². The average Bonchev–Trinajstić information content (AvgIpc) is 3.46. The Labute approximate surface area is 237 Å². The van der Waals surface area contributed by atoms with Gasteiger partial charge in [-0.2, -0.15) is 5.26 Å². The zero-order valence-electron chi connectivity index (χ0n) is 23.8. The number of aryl methyl sites for hydroxylation is 2. The van der Waals surface area contributed by atoms with Crippen molar-refractivity contribution < 1.29 is 0 Å². The Balaban J connectivity index is 1.22. The van der Waals surface area contributed by atoms with Crippen molar-refractivity contribution in [3.05, 3.63) is 88.4 Å². The predicted octanol–water partition coefficient (Wildman–Crippen LogP) is 5.69. The number of likely N-dealkylation sites (N-methyl/N-ethyl adjacent to an activating group) is 1. The number of anilines is 2. The Morgan fingerprint density at radius 1 is 1.02 bits per heavy atom. The summed E-state index contributed by atoms with van der Waals surface area (Å²) >= 11 is 0. The van der Waals surface area contributed by atoms with Crippen molar-refractivity contribution in [3.63, 3.8) is 0 Å². The number of pyridine rings is 1. The van der Waals surface area contributed by atoms with Crippen molar-refractivity contribution in [2.45, 2.75) is 26.8 Å². The van der Waals surface area contributed by atoms with Crippen molar-refractivity contribution in [1.29, 1.82) is 5.26 Å². The molecule has 2 aromatic carbocycles. The van der Waals surface area contributed by atoms with Crippen LogP contribution >= 0.6 is 0 Å². The normalized spacial score (nSPS) is 14.7. The molecule has 1 aliphatic heterocycles. The molecule has 0 spiro atoms. The van der Waals surface area contributed by atoms with E-state index >= 15 is 0 Å². The van der Waals surface area contributed by atoms with E-state index in [0.29, 0.717) is 5.56 Å². The number of hydrogen-bond donors (Lipinski definition) is 3. The van der Waals surface area contributed by atoms with Gasteiger partial charge in [0, 0.05) is 73.0 Å². The zero-order chi connectivity index (χ0) is 27.9. The van der Waals surface area contributed by atoms with Gasteiger partial charge in [-0.05, 0) is 75.3 Å². The van der Waals surface area contributed by atoms with Crippen LogP contribution in [-0.4, -0.2) is 66.1 Å². The van der Waals surface area contributed by atoms with Crippen LogP contribution in [0.1, 0.15) is 39.9 Å².